The number of fused-ring (bicyclic) bond motifs is 7. The van der Waals surface area contributed by atoms with Gasteiger partial charge in [0.15, 0.2) is 12.6 Å². The summed E-state index contributed by atoms with van der Waals surface area (Å²) in [6.07, 6.45) is -9.36. The van der Waals surface area contributed by atoms with Crippen molar-refractivity contribution >= 4 is 5.97 Å². The molecule has 1 spiro atoms. The number of rotatable bonds is 5. The van der Waals surface area contributed by atoms with Crippen LogP contribution in [0, 0.1) is 38.9 Å². The predicted molar refractivity (Wildman–Crippen MR) is 197 cm³/mol. The van der Waals surface area contributed by atoms with E-state index in [0.29, 0.717) is 38.5 Å². The molecule has 8 N–H and O–H groups in total. The Bertz CT molecular complexity index is 1620. The van der Waals surface area contributed by atoms with Crippen molar-refractivity contribution in [1.29, 1.82) is 0 Å². The number of carbonyl (C=O) groups is 1. The third-order valence-corrected chi connectivity index (χ3v) is 17.9. The first-order valence-electron chi connectivity index (χ1n) is 21.0. The number of hydrogen-bond donors (Lipinski definition) is 8. The van der Waals surface area contributed by atoms with E-state index < -0.39 is 102 Å². The zero-order chi connectivity index (χ0) is 40.9. The fraction of sp³-hybridized carbons (Fsp3) is 0.929. The molecule has 4 heterocycles. The number of hydrogen-bond acceptors (Lipinski definition) is 14. The molecular weight excluding hydrogens is 728 g/mol. The van der Waals surface area contributed by atoms with E-state index in [1.165, 1.54) is 6.92 Å². The number of carbonyl (C=O) groups excluding carboxylic acids is 1. The van der Waals surface area contributed by atoms with Gasteiger partial charge in [-0.25, -0.2) is 0 Å². The first-order chi connectivity index (χ1) is 25.9. The van der Waals surface area contributed by atoms with E-state index in [9.17, 15) is 45.6 Å². The van der Waals surface area contributed by atoms with Crippen molar-refractivity contribution < 1.29 is 69.3 Å². The minimum atomic E-state index is -1.67. The van der Waals surface area contributed by atoms with Crippen LogP contribution in [0.15, 0.2) is 11.1 Å². The van der Waals surface area contributed by atoms with Crippen molar-refractivity contribution in [2.75, 3.05) is 6.61 Å². The lowest BCUT2D eigenvalue weighted by molar-refractivity contribution is -0.376. The van der Waals surface area contributed by atoms with E-state index in [1.54, 1.807) is 6.92 Å². The molecule has 2 bridgehead atoms. The highest BCUT2D eigenvalue weighted by atomic mass is 16.8. The normalized spacial score (nSPS) is 57.8. The number of aliphatic hydroxyl groups excluding tert-OH is 7. The highest BCUT2D eigenvalue weighted by molar-refractivity contribution is 5.86. The first-order valence-corrected chi connectivity index (χ1v) is 21.0. The summed E-state index contributed by atoms with van der Waals surface area (Å²) in [4.78, 5) is 13.7. The number of aliphatic hydroxyl groups is 8. The van der Waals surface area contributed by atoms with Crippen LogP contribution in [0.1, 0.15) is 113 Å². The molecule has 4 saturated heterocycles. The van der Waals surface area contributed by atoms with Gasteiger partial charge < -0.3 is 64.5 Å². The third-order valence-electron chi connectivity index (χ3n) is 17.9. The van der Waals surface area contributed by atoms with Gasteiger partial charge in [-0.1, -0.05) is 40.2 Å². The Morgan fingerprint density at radius 3 is 2.09 bits per heavy atom. The maximum atomic E-state index is 13.7. The van der Waals surface area contributed by atoms with E-state index in [0.717, 1.165) is 30.4 Å². The highest BCUT2D eigenvalue weighted by Gasteiger charge is 2.75. The second-order valence-electron chi connectivity index (χ2n) is 20.7. The molecule has 0 aromatic heterocycles. The largest absolute Gasteiger partial charge is 0.455 e. The maximum absolute atomic E-state index is 13.7. The van der Waals surface area contributed by atoms with Crippen LogP contribution in [-0.2, 0) is 28.5 Å². The van der Waals surface area contributed by atoms with Crippen LogP contribution in [-0.4, -0.2) is 138 Å². The summed E-state index contributed by atoms with van der Waals surface area (Å²) in [7, 11) is 0. The molecule has 8 fully saturated rings. The molecule has 0 amide bonds. The molecular formula is C42H66O14. The first kappa shape index (κ1) is 41.5. The summed E-state index contributed by atoms with van der Waals surface area (Å²) in [6.45, 7) is 15.8. The lowest BCUT2D eigenvalue weighted by Gasteiger charge is -2.73. The summed E-state index contributed by atoms with van der Waals surface area (Å²) in [5.41, 5.74) is -2.94. The molecule has 14 nitrogen and oxygen atoms in total. The van der Waals surface area contributed by atoms with Gasteiger partial charge in [-0.3, -0.25) is 4.79 Å². The molecule has 20 atom stereocenters. The van der Waals surface area contributed by atoms with Crippen molar-refractivity contribution in [3.8, 4) is 0 Å². The average Bonchev–Trinajstić information content (AvgIpc) is 3.12. The Morgan fingerprint density at radius 1 is 0.750 bits per heavy atom. The maximum Gasteiger partial charge on any atom is 0.316 e. The summed E-state index contributed by atoms with van der Waals surface area (Å²) in [5.74, 6) is -0.266. The van der Waals surface area contributed by atoms with Gasteiger partial charge in [0.1, 0.15) is 53.9 Å². The standard InChI is InChI=1S/C42H66O14/c1-19-25(45)27(47)29(49)33(52-19)55-30-28(48)26(46)22(18-43)53-34(30)54-24-10-11-37(4)23(36(24,2)3)9-12-39(6)32(37)21(44)17-20-31-41(8,51)40(7)14-16-42(31,35(50)56-40)15-13-38(20,39)5/h19,21-30,32-34,43-49,51H,9-18H2,1-8H3/t19-,21-,22+,23?,24-,25-,26+,27+,28-,29+,30+,32+,33-,34-,37-,38+,39+,40-,41-,42+/m0/s1. The molecule has 0 aromatic carbocycles. The topological polar surface area (TPSA) is 225 Å². The van der Waals surface area contributed by atoms with Crippen LogP contribution in [0.4, 0.5) is 0 Å². The summed E-state index contributed by atoms with van der Waals surface area (Å²) < 4.78 is 30.5. The molecule has 0 aromatic rings. The van der Waals surface area contributed by atoms with Gasteiger partial charge in [0, 0.05) is 0 Å². The average molecular weight is 795 g/mol. The molecule has 4 aliphatic heterocycles. The Labute approximate surface area is 329 Å². The summed E-state index contributed by atoms with van der Waals surface area (Å²) in [6, 6.07) is 0. The molecule has 4 saturated carbocycles. The van der Waals surface area contributed by atoms with Gasteiger partial charge in [0.2, 0.25) is 0 Å². The van der Waals surface area contributed by atoms with Gasteiger partial charge in [0.05, 0.1) is 30.3 Å². The molecule has 1 unspecified atom stereocenters. The van der Waals surface area contributed by atoms with Gasteiger partial charge >= 0.3 is 5.97 Å². The lowest BCUT2D eigenvalue weighted by atomic mass is 9.33. The third kappa shape index (κ3) is 5.26. The molecule has 318 valence electrons. The predicted octanol–water partition coefficient (Wildman–Crippen LogP) is 1.59. The molecule has 0 radical (unpaired) electrons. The lowest BCUT2D eigenvalue weighted by Crippen LogP contribution is -2.72. The van der Waals surface area contributed by atoms with Gasteiger partial charge in [0.25, 0.3) is 0 Å². The fourth-order valence-electron chi connectivity index (χ4n) is 14.3. The molecule has 9 rings (SSSR count). The smallest absolute Gasteiger partial charge is 0.316 e. The minimum absolute atomic E-state index is 0.0741. The van der Waals surface area contributed by atoms with E-state index in [1.807, 2.05) is 6.92 Å². The summed E-state index contributed by atoms with van der Waals surface area (Å²) >= 11 is 0. The van der Waals surface area contributed by atoms with Gasteiger partial charge in [-0.15, -0.1) is 0 Å². The highest BCUT2D eigenvalue weighted by Crippen LogP contribution is 2.77. The van der Waals surface area contributed by atoms with E-state index >= 15 is 0 Å². The zero-order valence-electron chi connectivity index (χ0n) is 34.2. The Hall–Kier alpha value is -1.27. The fourth-order valence-corrected chi connectivity index (χ4v) is 14.3. The molecule has 5 aliphatic carbocycles. The minimum Gasteiger partial charge on any atom is -0.455 e. The number of esters is 1. The van der Waals surface area contributed by atoms with Crippen LogP contribution >= 0.6 is 0 Å². The SMILES string of the molecule is C[C@@H]1O[C@@H](O[C@H]2[C@H](O[C@H]3CC[C@@]4(C)C(CC[C@]5(C)[C@@H]4[C@@H](O)CC4=C6[C@]7(CC[C@](C)(OC7=O)[C@@]6(C)O)CC[C@]45C)C3(C)C)O[C@H](CO)[C@@H](O)[C@@H]2O)[C@H](O)[C@H](O)[C@H]1O. The molecule has 9 aliphatic rings. The van der Waals surface area contributed by atoms with Crippen LogP contribution in [0.5, 0.6) is 0 Å². The quantitative estimate of drug-likeness (QED) is 0.113. The van der Waals surface area contributed by atoms with Crippen LogP contribution in [0.25, 0.3) is 0 Å². The summed E-state index contributed by atoms with van der Waals surface area (Å²) in [5, 5.41) is 88.5. The van der Waals surface area contributed by atoms with Crippen molar-refractivity contribution in [2.24, 2.45) is 38.9 Å². The second kappa shape index (κ2) is 13.1. The van der Waals surface area contributed by atoms with Gasteiger partial charge in [-0.2, -0.15) is 0 Å². The zero-order valence-corrected chi connectivity index (χ0v) is 34.2. The molecule has 14 heteroatoms. The Morgan fingerprint density at radius 2 is 1.43 bits per heavy atom. The van der Waals surface area contributed by atoms with E-state index in [-0.39, 0.29) is 34.1 Å². The molecule has 56 heavy (non-hydrogen) atoms. The Kier molecular flexibility index (Phi) is 9.71. The number of ether oxygens (including phenoxy) is 5. The van der Waals surface area contributed by atoms with E-state index in [4.69, 9.17) is 23.7 Å². The van der Waals surface area contributed by atoms with Gasteiger partial charge in [-0.05, 0) is 118 Å². The van der Waals surface area contributed by atoms with Crippen LogP contribution in [0.2, 0.25) is 0 Å². The Balaban J connectivity index is 1.09. The van der Waals surface area contributed by atoms with Crippen molar-refractivity contribution in [1.82, 2.24) is 0 Å². The monoisotopic (exact) mass is 794 g/mol. The van der Waals surface area contributed by atoms with Crippen molar-refractivity contribution in [3.63, 3.8) is 0 Å². The second-order valence-corrected chi connectivity index (χ2v) is 20.7. The van der Waals surface area contributed by atoms with E-state index in [2.05, 4.69) is 34.6 Å². The van der Waals surface area contributed by atoms with Crippen LogP contribution in [0.3, 0.4) is 0 Å². The van der Waals surface area contributed by atoms with Crippen LogP contribution < -0.4 is 0 Å². The van der Waals surface area contributed by atoms with Crippen molar-refractivity contribution in [3.05, 3.63) is 11.1 Å². The van der Waals surface area contributed by atoms with Crippen molar-refractivity contribution in [2.45, 2.75) is 198 Å².